The lowest BCUT2D eigenvalue weighted by Crippen LogP contribution is -2.49. The van der Waals surface area contributed by atoms with Crippen LogP contribution in [0, 0.1) is 11.8 Å². The molecule has 1 aromatic heterocycles. The molecule has 6 N–H and O–H groups in total. The second-order valence-electron chi connectivity index (χ2n) is 11.5. The van der Waals surface area contributed by atoms with Gasteiger partial charge in [-0.05, 0) is 76.4 Å². The fourth-order valence-electron chi connectivity index (χ4n) is 6.13. The third kappa shape index (κ3) is 9.79. The van der Waals surface area contributed by atoms with Gasteiger partial charge in [-0.2, -0.15) is 9.97 Å². The second kappa shape index (κ2) is 15.2. The zero-order valence-corrected chi connectivity index (χ0v) is 23.4. The molecular weight excluding hydrogens is 496 g/mol. The maximum Gasteiger partial charge on any atom is 0.312 e. The first kappa shape index (κ1) is 29.3. The number of piperazine rings is 1. The van der Waals surface area contributed by atoms with Crippen LogP contribution in [0.3, 0.4) is 0 Å². The Morgan fingerprint density at radius 2 is 1.62 bits per heavy atom. The molecule has 2 aliphatic carbocycles. The van der Waals surface area contributed by atoms with E-state index in [4.69, 9.17) is 10.8 Å². The van der Waals surface area contributed by atoms with Gasteiger partial charge in [-0.25, -0.2) is 0 Å². The van der Waals surface area contributed by atoms with Gasteiger partial charge in [-0.3, -0.25) is 9.59 Å². The molecule has 2 heterocycles. The minimum atomic E-state index is -1.10. The maximum atomic E-state index is 12.0. The van der Waals surface area contributed by atoms with Crippen molar-refractivity contribution in [2.24, 2.45) is 11.8 Å². The van der Waals surface area contributed by atoms with E-state index in [2.05, 4.69) is 30.8 Å². The first-order chi connectivity index (χ1) is 19.0. The summed E-state index contributed by atoms with van der Waals surface area (Å²) in [6.07, 6.45) is 12.6. The number of carbonyl (C=O) groups is 2. The summed E-state index contributed by atoms with van der Waals surface area (Å²) in [5, 5.41) is 19.7. The highest BCUT2D eigenvalue weighted by molar-refractivity contribution is 5.93. The van der Waals surface area contributed by atoms with Gasteiger partial charge in [0.25, 0.3) is 0 Å². The lowest BCUT2D eigenvalue weighted by molar-refractivity contribution is -0.144. The molecule has 11 heteroatoms. The van der Waals surface area contributed by atoms with Crippen LogP contribution in [0.5, 0.6) is 0 Å². The first-order valence-corrected chi connectivity index (χ1v) is 15.0. The van der Waals surface area contributed by atoms with Gasteiger partial charge in [0.1, 0.15) is 18.1 Å². The molecule has 0 atom stereocenters. The molecule has 1 aliphatic heterocycles. The Hall–Kier alpha value is -2.66. The molecule has 2 saturated carbocycles. The van der Waals surface area contributed by atoms with Crippen LogP contribution in [0.25, 0.3) is 0 Å². The Balaban J connectivity index is 1.10. The molecule has 4 rings (SSSR count). The lowest BCUT2D eigenvalue weighted by Gasteiger charge is -2.35. The average Bonchev–Trinajstić information content (AvgIpc) is 2.94. The SMILES string of the molecule is Nc1cc(N2CCN(C(=O)CC(=O)O)CC2)nc(NCC2CCC(CNCCCNC3CCCCC3)CC2)n1. The van der Waals surface area contributed by atoms with Crippen LogP contribution >= 0.6 is 0 Å². The molecule has 3 fully saturated rings. The van der Waals surface area contributed by atoms with Gasteiger partial charge >= 0.3 is 5.97 Å². The minimum absolute atomic E-state index is 0.348. The molecule has 0 radical (unpaired) electrons. The first-order valence-electron chi connectivity index (χ1n) is 15.0. The summed E-state index contributed by atoms with van der Waals surface area (Å²) in [4.78, 5) is 35.6. The Morgan fingerprint density at radius 1 is 0.923 bits per heavy atom. The number of amides is 1. The number of nitrogen functional groups attached to an aromatic ring is 1. The molecule has 0 bridgehead atoms. The van der Waals surface area contributed by atoms with Crippen molar-refractivity contribution < 1.29 is 14.7 Å². The smallest absolute Gasteiger partial charge is 0.312 e. The molecule has 1 amide bonds. The number of nitrogens with two attached hydrogens (primary N) is 1. The number of nitrogens with zero attached hydrogens (tertiary/aromatic N) is 4. The van der Waals surface area contributed by atoms with E-state index in [1.54, 1.807) is 11.0 Å². The van der Waals surface area contributed by atoms with E-state index in [-0.39, 0.29) is 5.91 Å². The van der Waals surface area contributed by atoms with Crippen LogP contribution in [-0.4, -0.2) is 90.3 Å². The molecular formula is C28H48N8O3. The summed E-state index contributed by atoms with van der Waals surface area (Å²) in [6, 6.07) is 2.51. The third-order valence-corrected chi connectivity index (χ3v) is 8.51. The largest absolute Gasteiger partial charge is 0.481 e. The van der Waals surface area contributed by atoms with Crippen LogP contribution < -0.4 is 26.6 Å². The highest BCUT2D eigenvalue weighted by Crippen LogP contribution is 2.29. The van der Waals surface area contributed by atoms with Crippen molar-refractivity contribution in [3.05, 3.63) is 6.07 Å². The number of aliphatic carboxylic acids is 1. The van der Waals surface area contributed by atoms with Crippen molar-refractivity contribution in [1.82, 2.24) is 25.5 Å². The van der Waals surface area contributed by atoms with E-state index in [0.29, 0.717) is 43.9 Å². The predicted octanol–water partition coefficient (Wildman–Crippen LogP) is 2.30. The Bertz CT molecular complexity index is 910. The van der Waals surface area contributed by atoms with Crippen LogP contribution in [0.4, 0.5) is 17.6 Å². The summed E-state index contributed by atoms with van der Waals surface area (Å²) in [7, 11) is 0. The van der Waals surface area contributed by atoms with E-state index in [1.807, 2.05) is 0 Å². The number of anilines is 3. The maximum absolute atomic E-state index is 12.0. The van der Waals surface area contributed by atoms with Crippen LogP contribution in [0.1, 0.15) is 70.6 Å². The van der Waals surface area contributed by atoms with Crippen molar-refractivity contribution in [2.75, 3.05) is 68.3 Å². The van der Waals surface area contributed by atoms with E-state index in [9.17, 15) is 9.59 Å². The fraction of sp³-hybridized carbons (Fsp3) is 0.786. The molecule has 0 spiro atoms. The highest BCUT2D eigenvalue weighted by Gasteiger charge is 2.25. The number of rotatable bonds is 13. The Labute approximate surface area is 232 Å². The topological polar surface area (TPSA) is 149 Å². The van der Waals surface area contributed by atoms with E-state index in [1.165, 1.54) is 64.2 Å². The van der Waals surface area contributed by atoms with Gasteiger partial charge < -0.3 is 36.6 Å². The Kier molecular flexibility index (Phi) is 11.4. The number of hydrogen-bond acceptors (Lipinski definition) is 9. The Morgan fingerprint density at radius 3 is 2.31 bits per heavy atom. The molecule has 39 heavy (non-hydrogen) atoms. The van der Waals surface area contributed by atoms with Gasteiger partial charge in [0.15, 0.2) is 0 Å². The highest BCUT2D eigenvalue weighted by atomic mass is 16.4. The molecule has 1 aromatic rings. The van der Waals surface area contributed by atoms with Crippen molar-refractivity contribution in [2.45, 2.75) is 76.7 Å². The van der Waals surface area contributed by atoms with Crippen molar-refractivity contribution in [3.63, 3.8) is 0 Å². The quantitative estimate of drug-likeness (QED) is 0.185. The van der Waals surface area contributed by atoms with Gasteiger partial charge in [0.2, 0.25) is 11.9 Å². The predicted molar refractivity (Wildman–Crippen MR) is 154 cm³/mol. The summed E-state index contributed by atoms with van der Waals surface area (Å²) in [5.41, 5.74) is 6.08. The normalized spacial score (nSPS) is 22.6. The molecule has 0 aromatic carbocycles. The molecule has 3 aliphatic rings. The number of nitrogens with one attached hydrogen (secondary N) is 3. The van der Waals surface area contributed by atoms with Gasteiger partial charge in [-0.1, -0.05) is 19.3 Å². The van der Waals surface area contributed by atoms with Crippen molar-refractivity contribution in [1.29, 1.82) is 0 Å². The second-order valence-corrected chi connectivity index (χ2v) is 11.5. The molecule has 1 saturated heterocycles. The van der Waals surface area contributed by atoms with Gasteiger partial charge in [0, 0.05) is 44.8 Å². The van der Waals surface area contributed by atoms with E-state index < -0.39 is 12.4 Å². The zero-order valence-electron chi connectivity index (χ0n) is 23.4. The average molecular weight is 545 g/mol. The number of carbonyl (C=O) groups excluding carboxylic acids is 1. The fourth-order valence-corrected chi connectivity index (χ4v) is 6.13. The summed E-state index contributed by atoms with van der Waals surface area (Å²) in [5.74, 6) is 1.62. The molecule has 11 nitrogen and oxygen atoms in total. The van der Waals surface area contributed by atoms with Crippen LogP contribution in [0.2, 0.25) is 0 Å². The monoisotopic (exact) mass is 544 g/mol. The lowest BCUT2D eigenvalue weighted by atomic mass is 9.82. The number of hydrogen-bond donors (Lipinski definition) is 5. The van der Waals surface area contributed by atoms with Crippen molar-refractivity contribution in [3.8, 4) is 0 Å². The summed E-state index contributed by atoms with van der Waals surface area (Å²) < 4.78 is 0. The molecule has 218 valence electrons. The van der Waals surface area contributed by atoms with Crippen molar-refractivity contribution >= 4 is 29.5 Å². The standard InChI is InChI=1S/C28H48N8O3/c29-24-17-25(35-13-15-36(16-14-35)26(37)18-27(38)39)34-28(33-24)32-20-22-9-7-21(8-10-22)19-30-11-4-12-31-23-5-2-1-3-6-23/h17,21-23,30-31H,1-16,18-20H2,(H,38,39)(H3,29,32,33,34). The summed E-state index contributed by atoms with van der Waals surface area (Å²) in [6.45, 7) is 6.29. The van der Waals surface area contributed by atoms with Crippen LogP contribution in [0.15, 0.2) is 6.07 Å². The molecule has 0 unspecified atom stereocenters. The van der Waals surface area contributed by atoms with E-state index in [0.717, 1.165) is 44.0 Å². The van der Waals surface area contributed by atoms with Gasteiger partial charge in [-0.15, -0.1) is 0 Å². The van der Waals surface area contributed by atoms with E-state index >= 15 is 0 Å². The summed E-state index contributed by atoms with van der Waals surface area (Å²) >= 11 is 0. The number of carboxylic acids is 1. The van der Waals surface area contributed by atoms with Crippen LogP contribution in [-0.2, 0) is 9.59 Å². The third-order valence-electron chi connectivity index (χ3n) is 8.51. The number of carboxylic acid groups (broad SMARTS) is 1. The number of aromatic nitrogens is 2. The zero-order chi connectivity index (χ0) is 27.5. The minimum Gasteiger partial charge on any atom is -0.481 e. The van der Waals surface area contributed by atoms with Gasteiger partial charge in [0.05, 0.1) is 0 Å².